The van der Waals surface area contributed by atoms with Crippen molar-refractivity contribution in [3.05, 3.63) is 34.7 Å². The largest absolute Gasteiger partial charge is 0.383 e. The molecule has 16 heavy (non-hydrogen) atoms. The number of nitrogens with zero attached hydrogens (tertiary/aromatic N) is 2. The Bertz CT molecular complexity index is 511. The van der Waals surface area contributed by atoms with E-state index in [1.165, 1.54) is 12.4 Å². The Kier molecular flexibility index (Phi) is 2.86. The SMILES string of the molecule is Nc1ncc(Br)cc1C(=O)Nc1cn[nH]c1. The third-order valence-corrected chi connectivity index (χ3v) is 2.32. The maximum Gasteiger partial charge on any atom is 0.259 e. The summed E-state index contributed by atoms with van der Waals surface area (Å²) in [6.07, 6.45) is 4.60. The first-order valence-corrected chi connectivity index (χ1v) is 5.17. The number of carbonyl (C=O) groups is 1. The summed E-state index contributed by atoms with van der Waals surface area (Å²) in [5, 5.41) is 8.94. The van der Waals surface area contributed by atoms with Gasteiger partial charge in [-0.25, -0.2) is 4.98 Å². The number of rotatable bonds is 2. The van der Waals surface area contributed by atoms with Crippen LogP contribution in [0.1, 0.15) is 10.4 Å². The second kappa shape index (κ2) is 4.31. The van der Waals surface area contributed by atoms with Crippen molar-refractivity contribution in [2.75, 3.05) is 11.1 Å². The average Bonchev–Trinajstić information content (AvgIpc) is 2.74. The lowest BCUT2D eigenvalue weighted by atomic mass is 10.2. The number of nitrogens with two attached hydrogens (primary N) is 1. The monoisotopic (exact) mass is 281 g/mol. The molecule has 82 valence electrons. The first-order valence-electron chi connectivity index (χ1n) is 4.38. The molecular formula is C9H8BrN5O. The summed E-state index contributed by atoms with van der Waals surface area (Å²) >= 11 is 3.23. The van der Waals surface area contributed by atoms with Crippen molar-refractivity contribution < 1.29 is 4.79 Å². The number of amides is 1. The van der Waals surface area contributed by atoms with Gasteiger partial charge in [-0.2, -0.15) is 5.10 Å². The highest BCUT2D eigenvalue weighted by Crippen LogP contribution is 2.16. The zero-order chi connectivity index (χ0) is 11.5. The molecule has 6 nitrogen and oxygen atoms in total. The molecule has 1 amide bonds. The van der Waals surface area contributed by atoms with Crippen LogP contribution in [0.2, 0.25) is 0 Å². The van der Waals surface area contributed by atoms with Crippen LogP contribution in [0.3, 0.4) is 0 Å². The van der Waals surface area contributed by atoms with E-state index in [4.69, 9.17) is 5.73 Å². The molecule has 0 atom stereocenters. The van der Waals surface area contributed by atoms with Gasteiger partial charge in [0.15, 0.2) is 0 Å². The van der Waals surface area contributed by atoms with Crippen LogP contribution < -0.4 is 11.1 Å². The summed E-state index contributed by atoms with van der Waals surface area (Å²) in [5.74, 6) is -0.142. The van der Waals surface area contributed by atoms with Crippen LogP contribution in [0.25, 0.3) is 0 Å². The number of carbonyl (C=O) groups excluding carboxylic acids is 1. The molecule has 0 aliphatic heterocycles. The molecule has 0 aromatic carbocycles. The third kappa shape index (κ3) is 2.19. The van der Waals surface area contributed by atoms with Crippen LogP contribution in [0, 0.1) is 0 Å². The van der Waals surface area contributed by atoms with E-state index in [0.717, 1.165) is 0 Å². The Balaban J connectivity index is 2.24. The first kappa shape index (κ1) is 10.6. The Labute approximate surface area is 99.4 Å². The van der Waals surface area contributed by atoms with Crippen molar-refractivity contribution in [3.8, 4) is 0 Å². The lowest BCUT2D eigenvalue weighted by molar-refractivity contribution is 0.102. The predicted molar refractivity (Wildman–Crippen MR) is 62.9 cm³/mol. The number of nitrogens with one attached hydrogen (secondary N) is 2. The molecule has 0 saturated heterocycles. The molecule has 0 radical (unpaired) electrons. The summed E-state index contributed by atoms with van der Waals surface area (Å²) in [7, 11) is 0. The van der Waals surface area contributed by atoms with E-state index >= 15 is 0 Å². The van der Waals surface area contributed by atoms with Crippen molar-refractivity contribution in [2.24, 2.45) is 0 Å². The fourth-order valence-corrected chi connectivity index (χ4v) is 1.48. The topological polar surface area (TPSA) is 96.7 Å². The maximum absolute atomic E-state index is 11.8. The fourth-order valence-electron chi connectivity index (χ4n) is 1.15. The van der Waals surface area contributed by atoms with E-state index in [1.807, 2.05) is 0 Å². The number of pyridine rings is 1. The predicted octanol–water partition coefficient (Wildman–Crippen LogP) is 1.40. The minimum atomic E-state index is -0.326. The van der Waals surface area contributed by atoms with E-state index in [-0.39, 0.29) is 11.7 Å². The molecule has 2 aromatic heterocycles. The molecule has 2 aromatic rings. The number of nitrogen functional groups attached to an aromatic ring is 1. The summed E-state index contributed by atoms with van der Waals surface area (Å²) in [5.41, 5.74) is 6.49. The summed E-state index contributed by atoms with van der Waals surface area (Å²) < 4.78 is 0.694. The van der Waals surface area contributed by atoms with Crippen LogP contribution >= 0.6 is 15.9 Å². The molecule has 0 aliphatic carbocycles. The Hall–Kier alpha value is -1.89. The Morgan fingerprint density at radius 3 is 3.00 bits per heavy atom. The molecular weight excluding hydrogens is 274 g/mol. The van der Waals surface area contributed by atoms with Crippen molar-refractivity contribution in [3.63, 3.8) is 0 Å². The smallest absolute Gasteiger partial charge is 0.259 e. The van der Waals surface area contributed by atoms with Gasteiger partial charge in [0.1, 0.15) is 5.82 Å². The van der Waals surface area contributed by atoms with Gasteiger partial charge in [-0.3, -0.25) is 9.89 Å². The highest BCUT2D eigenvalue weighted by molar-refractivity contribution is 9.10. The van der Waals surface area contributed by atoms with Crippen LogP contribution in [-0.4, -0.2) is 21.1 Å². The van der Waals surface area contributed by atoms with Crippen molar-refractivity contribution in [2.45, 2.75) is 0 Å². The standard InChI is InChI=1S/C9H8BrN5O/c10-5-1-7(8(11)12-2-5)9(16)15-6-3-13-14-4-6/h1-4H,(H2,11,12)(H,13,14)(H,15,16). The molecule has 0 spiro atoms. The van der Waals surface area contributed by atoms with Crippen molar-refractivity contribution in [1.29, 1.82) is 0 Å². The number of H-pyrrole nitrogens is 1. The van der Waals surface area contributed by atoms with Crippen LogP contribution in [0.4, 0.5) is 11.5 Å². The lowest BCUT2D eigenvalue weighted by Crippen LogP contribution is -2.14. The van der Waals surface area contributed by atoms with Crippen molar-refractivity contribution in [1.82, 2.24) is 15.2 Å². The average molecular weight is 282 g/mol. The van der Waals surface area contributed by atoms with Crippen LogP contribution in [0.15, 0.2) is 29.1 Å². The van der Waals surface area contributed by atoms with E-state index in [2.05, 4.69) is 36.4 Å². The number of hydrogen-bond donors (Lipinski definition) is 3. The summed E-state index contributed by atoms with van der Waals surface area (Å²) in [6, 6.07) is 1.61. The molecule has 2 heterocycles. The Morgan fingerprint density at radius 2 is 2.31 bits per heavy atom. The minimum Gasteiger partial charge on any atom is -0.383 e. The molecule has 0 unspecified atom stereocenters. The van der Waals surface area contributed by atoms with E-state index in [9.17, 15) is 4.79 Å². The van der Waals surface area contributed by atoms with Gasteiger partial charge in [-0.1, -0.05) is 0 Å². The number of aromatic amines is 1. The molecule has 0 saturated carbocycles. The van der Waals surface area contributed by atoms with Gasteiger partial charge < -0.3 is 11.1 Å². The van der Waals surface area contributed by atoms with E-state index < -0.39 is 0 Å². The fraction of sp³-hybridized carbons (Fsp3) is 0. The highest BCUT2D eigenvalue weighted by atomic mass is 79.9. The summed E-state index contributed by atoms with van der Waals surface area (Å²) in [4.78, 5) is 15.7. The summed E-state index contributed by atoms with van der Waals surface area (Å²) in [6.45, 7) is 0. The van der Waals surface area contributed by atoms with Gasteiger partial charge in [0.05, 0.1) is 17.4 Å². The number of halogens is 1. The van der Waals surface area contributed by atoms with Gasteiger partial charge in [-0.05, 0) is 22.0 Å². The minimum absolute atomic E-state index is 0.184. The van der Waals surface area contributed by atoms with Gasteiger partial charge in [-0.15, -0.1) is 0 Å². The quantitative estimate of drug-likeness (QED) is 0.775. The van der Waals surface area contributed by atoms with Gasteiger partial charge >= 0.3 is 0 Å². The van der Waals surface area contributed by atoms with Crippen LogP contribution in [-0.2, 0) is 0 Å². The molecule has 7 heteroatoms. The zero-order valence-electron chi connectivity index (χ0n) is 8.07. The third-order valence-electron chi connectivity index (χ3n) is 1.89. The molecule has 0 fully saturated rings. The van der Waals surface area contributed by atoms with E-state index in [1.54, 1.807) is 12.3 Å². The molecule has 4 N–H and O–H groups in total. The van der Waals surface area contributed by atoms with Crippen molar-refractivity contribution >= 4 is 33.3 Å². The van der Waals surface area contributed by atoms with Gasteiger partial charge in [0.25, 0.3) is 5.91 Å². The second-order valence-electron chi connectivity index (χ2n) is 3.03. The second-order valence-corrected chi connectivity index (χ2v) is 3.94. The highest BCUT2D eigenvalue weighted by Gasteiger charge is 2.11. The Morgan fingerprint density at radius 1 is 1.50 bits per heavy atom. The van der Waals surface area contributed by atoms with E-state index in [0.29, 0.717) is 15.7 Å². The molecule has 0 aliphatic rings. The maximum atomic E-state index is 11.8. The number of anilines is 2. The number of hydrogen-bond acceptors (Lipinski definition) is 4. The number of aromatic nitrogens is 3. The lowest BCUT2D eigenvalue weighted by Gasteiger charge is -2.05. The zero-order valence-corrected chi connectivity index (χ0v) is 9.65. The van der Waals surface area contributed by atoms with Gasteiger partial charge in [0, 0.05) is 16.9 Å². The molecule has 2 rings (SSSR count). The first-order chi connectivity index (χ1) is 7.66. The molecule has 0 bridgehead atoms. The van der Waals surface area contributed by atoms with Gasteiger partial charge in [0.2, 0.25) is 0 Å². The van der Waals surface area contributed by atoms with Crippen LogP contribution in [0.5, 0.6) is 0 Å². The normalized spacial score (nSPS) is 10.1.